The third-order valence-corrected chi connectivity index (χ3v) is 4.31. The Hall–Kier alpha value is -1.61. The van der Waals surface area contributed by atoms with Crippen molar-refractivity contribution in [2.45, 2.75) is 46.6 Å². The van der Waals surface area contributed by atoms with Crippen LogP contribution in [0.3, 0.4) is 0 Å². The van der Waals surface area contributed by atoms with Gasteiger partial charge in [-0.25, -0.2) is 0 Å². The second-order valence-electron chi connectivity index (χ2n) is 6.09. The monoisotopic (exact) mass is 299 g/mol. The fourth-order valence-corrected chi connectivity index (χ4v) is 2.88. The summed E-state index contributed by atoms with van der Waals surface area (Å²) in [5.74, 6) is 0. The highest BCUT2D eigenvalue weighted by molar-refractivity contribution is 5.91. The number of aryl methyl sites for hydroxylation is 1. The molecule has 0 aliphatic heterocycles. The van der Waals surface area contributed by atoms with Gasteiger partial charge in [-0.3, -0.25) is 4.98 Å². The fraction of sp³-hybridized carbons (Fsp3) is 0.526. The van der Waals surface area contributed by atoms with Crippen LogP contribution in [0.25, 0.3) is 10.9 Å². The van der Waals surface area contributed by atoms with E-state index >= 15 is 0 Å². The molecule has 0 aliphatic carbocycles. The molecule has 22 heavy (non-hydrogen) atoms. The number of rotatable bonds is 8. The molecule has 1 atom stereocenters. The molecule has 3 heteroatoms. The molecule has 0 aliphatic rings. The maximum Gasteiger partial charge on any atom is 0.0725 e. The molecule has 3 nitrogen and oxygen atoms in total. The van der Waals surface area contributed by atoms with Crippen LogP contribution in [-0.2, 0) is 0 Å². The quantitative estimate of drug-likeness (QED) is 0.779. The molecule has 1 N–H and O–H groups in total. The van der Waals surface area contributed by atoms with Gasteiger partial charge >= 0.3 is 0 Å². The van der Waals surface area contributed by atoms with E-state index < -0.39 is 0 Å². The molecule has 0 saturated heterocycles. The molecule has 0 amide bonds. The van der Waals surface area contributed by atoms with Crippen molar-refractivity contribution < 1.29 is 0 Å². The van der Waals surface area contributed by atoms with E-state index in [0.717, 1.165) is 18.6 Å². The van der Waals surface area contributed by atoms with Gasteiger partial charge in [0.05, 0.1) is 5.52 Å². The summed E-state index contributed by atoms with van der Waals surface area (Å²) in [7, 11) is 0. The summed E-state index contributed by atoms with van der Waals surface area (Å²) < 4.78 is 0. The summed E-state index contributed by atoms with van der Waals surface area (Å²) in [6, 6.07) is 9.02. The number of nitrogens with one attached hydrogen (secondary N) is 1. The van der Waals surface area contributed by atoms with Crippen molar-refractivity contribution in [1.29, 1.82) is 0 Å². The molecule has 120 valence electrons. The Labute approximate surface area is 134 Å². The molecule has 0 fully saturated rings. The average Bonchev–Trinajstić information content (AvgIpc) is 2.51. The van der Waals surface area contributed by atoms with Gasteiger partial charge in [0.15, 0.2) is 0 Å². The molecule has 0 saturated carbocycles. The number of hydrogen-bond donors (Lipinski definition) is 1. The van der Waals surface area contributed by atoms with Crippen LogP contribution in [0.2, 0.25) is 0 Å². The van der Waals surface area contributed by atoms with Crippen LogP contribution < -0.4 is 5.32 Å². The third-order valence-electron chi connectivity index (χ3n) is 4.31. The van der Waals surface area contributed by atoms with E-state index in [1.54, 1.807) is 0 Å². The number of pyridine rings is 1. The van der Waals surface area contributed by atoms with Crippen LogP contribution in [0.5, 0.6) is 0 Å². The van der Waals surface area contributed by atoms with Crippen LogP contribution in [0, 0.1) is 6.92 Å². The molecule has 0 radical (unpaired) electrons. The number of benzene rings is 1. The van der Waals surface area contributed by atoms with E-state index in [1.165, 1.54) is 36.0 Å². The van der Waals surface area contributed by atoms with Gasteiger partial charge in [0.25, 0.3) is 0 Å². The summed E-state index contributed by atoms with van der Waals surface area (Å²) in [4.78, 5) is 6.95. The molecule has 1 heterocycles. The van der Waals surface area contributed by atoms with E-state index in [1.807, 2.05) is 6.20 Å². The van der Waals surface area contributed by atoms with Crippen molar-refractivity contribution in [3.63, 3.8) is 0 Å². The van der Waals surface area contributed by atoms with Gasteiger partial charge in [0, 0.05) is 23.3 Å². The van der Waals surface area contributed by atoms with Crippen molar-refractivity contribution in [2.24, 2.45) is 0 Å². The number of fused-ring (bicyclic) bond motifs is 1. The largest absolute Gasteiger partial charge is 0.382 e. The molecule has 1 aromatic heterocycles. The highest BCUT2D eigenvalue weighted by Gasteiger charge is 2.07. The zero-order valence-electron chi connectivity index (χ0n) is 14.4. The first-order chi connectivity index (χ1) is 10.6. The average molecular weight is 299 g/mol. The summed E-state index contributed by atoms with van der Waals surface area (Å²) in [5.41, 5.74) is 3.52. The zero-order chi connectivity index (χ0) is 15.9. The smallest absolute Gasteiger partial charge is 0.0725 e. The lowest BCUT2D eigenvalue weighted by atomic mass is 10.1. The lowest BCUT2D eigenvalue weighted by Gasteiger charge is -2.20. The normalized spacial score (nSPS) is 12.8. The Bertz CT molecular complexity index is 590. The van der Waals surface area contributed by atoms with Crippen molar-refractivity contribution in [3.8, 4) is 0 Å². The van der Waals surface area contributed by atoms with Crippen LogP contribution in [-0.4, -0.2) is 35.6 Å². The summed E-state index contributed by atoms with van der Waals surface area (Å²) in [5, 5.41) is 4.87. The minimum Gasteiger partial charge on any atom is -0.382 e. The first kappa shape index (κ1) is 16.8. The van der Waals surface area contributed by atoms with Crippen molar-refractivity contribution in [3.05, 3.63) is 36.0 Å². The highest BCUT2D eigenvalue weighted by Crippen LogP contribution is 2.23. The third kappa shape index (κ3) is 4.44. The first-order valence-corrected chi connectivity index (χ1v) is 8.48. The molecule has 1 aromatic carbocycles. The number of nitrogens with zero attached hydrogens (tertiary/aromatic N) is 2. The van der Waals surface area contributed by atoms with E-state index in [2.05, 4.69) is 67.2 Å². The Morgan fingerprint density at radius 3 is 2.68 bits per heavy atom. The number of hydrogen-bond acceptors (Lipinski definition) is 3. The zero-order valence-corrected chi connectivity index (χ0v) is 14.4. The second kappa shape index (κ2) is 8.14. The lowest BCUT2D eigenvalue weighted by Crippen LogP contribution is -2.25. The van der Waals surface area contributed by atoms with Gasteiger partial charge in [-0.2, -0.15) is 0 Å². The lowest BCUT2D eigenvalue weighted by molar-refractivity contribution is 0.295. The van der Waals surface area contributed by atoms with E-state index in [4.69, 9.17) is 0 Å². The van der Waals surface area contributed by atoms with Crippen LogP contribution in [0.15, 0.2) is 30.5 Å². The van der Waals surface area contributed by atoms with E-state index in [0.29, 0.717) is 6.04 Å². The van der Waals surface area contributed by atoms with Crippen molar-refractivity contribution in [2.75, 3.05) is 25.0 Å². The minimum absolute atomic E-state index is 0.475. The van der Waals surface area contributed by atoms with Crippen molar-refractivity contribution in [1.82, 2.24) is 9.88 Å². The maximum atomic E-state index is 4.47. The highest BCUT2D eigenvalue weighted by atomic mass is 15.1. The van der Waals surface area contributed by atoms with Crippen LogP contribution >= 0.6 is 0 Å². The summed E-state index contributed by atoms with van der Waals surface area (Å²) >= 11 is 0. The predicted molar refractivity (Wildman–Crippen MR) is 96.6 cm³/mol. The summed E-state index contributed by atoms with van der Waals surface area (Å²) in [6.07, 6.45) is 4.32. The molecule has 2 rings (SSSR count). The molecular formula is C19H29N3. The Morgan fingerprint density at radius 2 is 1.95 bits per heavy atom. The first-order valence-electron chi connectivity index (χ1n) is 8.48. The summed E-state index contributed by atoms with van der Waals surface area (Å²) in [6.45, 7) is 12.3. The maximum absolute atomic E-state index is 4.47. The van der Waals surface area contributed by atoms with Gasteiger partial charge < -0.3 is 10.2 Å². The van der Waals surface area contributed by atoms with Gasteiger partial charge in [0.1, 0.15) is 0 Å². The molecular weight excluding hydrogens is 270 g/mol. The van der Waals surface area contributed by atoms with E-state index in [9.17, 15) is 0 Å². The van der Waals surface area contributed by atoms with Gasteiger partial charge in [-0.05, 0) is 64.0 Å². The Kier molecular flexibility index (Phi) is 6.20. The number of anilines is 1. The van der Waals surface area contributed by atoms with Gasteiger partial charge in [-0.15, -0.1) is 0 Å². The molecule has 2 aromatic rings. The topological polar surface area (TPSA) is 28.2 Å². The van der Waals surface area contributed by atoms with Crippen LogP contribution in [0.1, 0.15) is 39.2 Å². The second-order valence-corrected chi connectivity index (χ2v) is 6.09. The predicted octanol–water partition coefficient (Wildman–Crippen LogP) is 4.47. The molecule has 0 unspecified atom stereocenters. The van der Waals surface area contributed by atoms with Crippen LogP contribution in [0.4, 0.5) is 5.69 Å². The Morgan fingerprint density at radius 1 is 1.18 bits per heavy atom. The standard InChI is InChI=1S/C19H29N3/c1-5-22(6-2)13-7-8-16(4)21-18-11-12-20-19-14-15(3)9-10-17(18)19/h9-12,14,16H,5-8,13H2,1-4H3,(H,20,21)/t16-/m0/s1. The van der Waals surface area contributed by atoms with Gasteiger partial charge in [-0.1, -0.05) is 26.0 Å². The fourth-order valence-electron chi connectivity index (χ4n) is 2.88. The van der Waals surface area contributed by atoms with Crippen molar-refractivity contribution >= 4 is 16.6 Å². The molecule has 0 spiro atoms. The van der Waals surface area contributed by atoms with Gasteiger partial charge in [0.2, 0.25) is 0 Å². The number of aromatic nitrogens is 1. The van der Waals surface area contributed by atoms with E-state index in [-0.39, 0.29) is 0 Å². The SMILES string of the molecule is CCN(CC)CCC[C@H](C)Nc1ccnc2cc(C)ccc12. The Balaban J connectivity index is 1.95. The molecule has 0 bridgehead atoms. The minimum atomic E-state index is 0.475.